The fourth-order valence-corrected chi connectivity index (χ4v) is 4.41. The number of hydrogen-bond donors (Lipinski definition) is 1. The van der Waals surface area contributed by atoms with E-state index in [1.54, 1.807) is 30.3 Å². The van der Waals surface area contributed by atoms with E-state index in [1.165, 1.54) is 0 Å². The van der Waals surface area contributed by atoms with Crippen LogP contribution in [0, 0.1) is 18.6 Å². The number of aliphatic hydroxyl groups excluding tert-OH is 1. The Morgan fingerprint density at radius 2 is 1.62 bits per heavy atom. The summed E-state index contributed by atoms with van der Waals surface area (Å²) in [6, 6.07) is 21.5. The lowest BCUT2D eigenvalue weighted by Gasteiger charge is -2.26. The lowest BCUT2D eigenvalue weighted by atomic mass is 9.93. The van der Waals surface area contributed by atoms with E-state index >= 15 is 0 Å². The number of aliphatic hydroxyl groups is 1. The summed E-state index contributed by atoms with van der Waals surface area (Å²) in [5, 5.41) is 13.1. The number of rotatable bonds is 3. The third-order valence-electron chi connectivity index (χ3n) is 5.99. The van der Waals surface area contributed by atoms with Gasteiger partial charge in [-0.1, -0.05) is 66.2 Å². The van der Waals surface area contributed by atoms with Crippen LogP contribution in [0.25, 0.3) is 16.5 Å². The van der Waals surface area contributed by atoms with E-state index in [2.05, 4.69) is 0 Å². The Morgan fingerprint density at radius 3 is 2.35 bits per heavy atom. The smallest absolute Gasteiger partial charge is 0.300 e. The number of hydrogen-bond acceptors (Lipinski definition) is 3. The van der Waals surface area contributed by atoms with Crippen LogP contribution in [0.4, 0.5) is 14.5 Å². The van der Waals surface area contributed by atoms with Crippen molar-refractivity contribution in [1.82, 2.24) is 0 Å². The highest BCUT2D eigenvalue weighted by Crippen LogP contribution is 2.43. The number of ketones is 1. The highest BCUT2D eigenvalue weighted by atomic mass is 19.1. The molecule has 0 aliphatic carbocycles. The Kier molecular flexibility index (Phi) is 5.21. The first kappa shape index (κ1) is 21.5. The number of Topliss-reactive ketones (excluding diaryl/α,β-unsaturated/α-hetero) is 1. The maximum absolute atomic E-state index is 14.8. The molecule has 1 atom stereocenters. The lowest BCUT2D eigenvalue weighted by molar-refractivity contribution is -0.132. The number of amides is 1. The van der Waals surface area contributed by atoms with Gasteiger partial charge in [-0.3, -0.25) is 14.5 Å². The zero-order valence-corrected chi connectivity index (χ0v) is 18.1. The molecule has 1 fully saturated rings. The largest absolute Gasteiger partial charge is 0.507 e. The molecule has 4 aromatic rings. The third-order valence-corrected chi connectivity index (χ3v) is 5.99. The zero-order valence-electron chi connectivity index (χ0n) is 18.1. The Balaban J connectivity index is 1.75. The van der Waals surface area contributed by atoms with Gasteiger partial charge in [-0.25, -0.2) is 8.78 Å². The van der Waals surface area contributed by atoms with E-state index in [0.717, 1.165) is 33.4 Å². The van der Waals surface area contributed by atoms with E-state index < -0.39 is 29.4 Å². The molecule has 4 aromatic carbocycles. The molecule has 1 aliphatic heterocycles. The molecular formula is C28H19F2NO3. The summed E-state index contributed by atoms with van der Waals surface area (Å²) < 4.78 is 28.3. The van der Waals surface area contributed by atoms with Gasteiger partial charge in [-0.05, 0) is 41.5 Å². The minimum absolute atomic E-state index is 0.158. The van der Waals surface area contributed by atoms with Crippen molar-refractivity contribution in [3.05, 3.63) is 119 Å². The molecule has 1 amide bonds. The van der Waals surface area contributed by atoms with Crippen LogP contribution in [0.1, 0.15) is 22.7 Å². The van der Waals surface area contributed by atoms with E-state index in [9.17, 15) is 23.5 Å². The molecule has 168 valence electrons. The summed E-state index contributed by atoms with van der Waals surface area (Å²) in [6.45, 7) is 1.84. The monoisotopic (exact) mass is 455 g/mol. The standard InChI is InChI=1S/C28H19F2NO3/c1-16-5-4-8-19(13-16)25-24(26(32)20-10-9-17-6-2-3-7-18(17)14-20)27(33)28(34)31(25)23-12-11-21(29)15-22(23)30/h2-15,25,32H,1H3/b26-24-. The van der Waals surface area contributed by atoms with Crippen molar-refractivity contribution < 1.29 is 23.5 Å². The van der Waals surface area contributed by atoms with Crippen molar-refractivity contribution in [2.45, 2.75) is 13.0 Å². The summed E-state index contributed by atoms with van der Waals surface area (Å²) in [4.78, 5) is 27.3. The van der Waals surface area contributed by atoms with Gasteiger partial charge in [0, 0.05) is 11.6 Å². The summed E-state index contributed by atoms with van der Waals surface area (Å²) >= 11 is 0. The van der Waals surface area contributed by atoms with Crippen LogP contribution in [-0.4, -0.2) is 16.8 Å². The molecule has 1 aliphatic rings. The summed E-state index contributed by atoms with van der Waals surface area (Å²) in [6.07, 6.45) is 0. The fourth-order valence-electron chi connectivity index (χ4n) is 4.41. The second-order valence-corrected chi connectivity index (χ2v) is 8.24. The van der Waals surface area contributed by atoms with Gasteiger partial charge in [-0.15, -0.1) is 0 Å². The average molecular weight is 455 g/mol. The number of fused-ring (bicyclic) bond motifs is 1. The normalized spacial score (nSPS) is 17.5. The van der Waals surface area contributed by atoms with Gasteiger partial charge >= 0.3 is 0 Å². The second-order valence-electron chi connectivity index (χ2n) is 8.24. The van der Waals surface area contributed by atoms with Gasteiger partial charge < -0.3 is 5.11 Å². The van der Waals surface area contributed by atoms with Gasteiger partial charge in [0.2, 0.25) is 0 Å². The van der Waals surface area contributed by atoms with E-state index in [1.807, 2.05) is 43.3 Å². The van der Waals surface area contributed by atoms with E-state index in [4.69, 9.17) is 0 Å². The van der Waals surface area contributed by atoms with Gasteiger partial charge in [0.05, 0.1) is 17.3 Å². The summed E-state index contributed by atoms with van der Waals surface area (Å²) in [5.41, 5.74) is 1.33. The number of benzene rings is 4. The predicted molar refractivity (Wildman–Crippen MR) is 126 cm³/mol. The molecular weight excluding hydrogens is 436 g/mol. The molecule has 0 spiro atoms. The second kappa shape index (κ2) is 8.23. The predicted octanol–water partition coefficient (Wildman–Crippen LogP) is 6.05. The van der Waals surface area contributed by atoms with E-state index in [0.29, 0.717) is 17.2 Å². The van der Waals surface area contributed by atoms with Crippen molar-refractivity contribution >= 4 is 33.9 Å². The molecule has 6 heteroatoms. The Morgan fingerprint density at radius 1 is 0.853 bits per heavy atom. The van der Waals surface area contributed by atoms with Crippen LogP contribution in [-0.2, 0) is 9.59 Å². The molecule has 4 nitrogen and oxygen atoms in total. The van der Waals surface area contributed by atoms with Crippen LogP contribution in [0.15, 0.2) is 90.5 Å². The van der Waals surface area contributed by atoms with Gasteiger partial charge in [0.1, 0.15) is 17.4 Å². The van der Waals surface area contributed by atoms with Crippen molar-refractivity contribution in [3.8, 4) is 0 Å². The Hall–Kier alpha value is -4.32. The summed E-state index contributed by atoms with van der Waals surface area (Å²) in [7, 11) is 0. The number of aryl methyl sites for hydroxylation is 1. The van der Waals surface area contributed by atoms with Crippen LogP contribution < -0.4 is 4.90 Å². The maximum Gasteiger partial charge on any atom is 0.300 e. The molecule has 1 N–H and O–H groups in total. The molecule has 0 aromatic heterocycles. The van der Waals surface area contributed by atoms with Crippen molar-refractivity contribution in [2.24, 2.45) is 0 Å². The van der Waals surface area contributed by atoms with Crippen LogP contribution in [0.3, 0.4) is 0 Å². The highest BCUT2D eigenvalue weighted by molar-refractivity contribution is 6.51. The first-order valence-corrected chi connectivity index (χ1v) is 10.7. The molecule has 5 rings (SSSR count). The number of nitrogens with zero attached hydrogens (tertiary/aromatic N) is 1. The number of halogens is 2. The minimum Gasteiger partial charge on any atom is -0.507 e. The lowest BCUT2D eigenvalue weighted by Crippen LogP contribution is -2.30. The molecule has 1 unspecified atom stereocenters. The molecule has 1 heterocycles. The highest BCUT2D eigenvalue weighted by Gasteiger charge is 2.47. The molecule has 0 bridgehead atoms. The van der Waals surface area contributed by atoms with Gasteiger partial charge in [0.15, 0.2) is 0 Å². The van der Waals surface area contributed by atoms with Crippen LogP contribution in [0.5, 0.6) is 0 Å². The summed E-state index contributed by atoms with van der Waals surface area (Å²) in [5.74, 6) is -4.09. The minimum atomic E-state index is -1.09. The molecule has 1 saturated heterocycles. The number of anilines is 1. The van der Waals surface area contributed by atoms with Gasteiger partial charge in [0.25, 0.3) is 11.7 Å². The van der Waals surface area contributed by atoms with Gasteiger partial charge in [-0.2, -0.15) is 0 Å². The fraction of sp³-hybridized carbons (Fsp3) is 0.0714. The van der Waals surface area contributed by atoms with Crippen molar-refractivity contribution in [3.63, 3.8) is 0 Å². The van der Waals surface area contributed by atoms with Crippen LogP contribution in [0.2, 0.25) is 0 Å². The number of carbonyl (C=O) groups excluding carboxylic acids is 2. The van der Waals surface area contributed by atoms with E-state index in [-0.39, 0.29) is 17.0 Å². The number of carbonyl (C=O) groups is 2. The van der Waals surface area contributed by atoms with Crippen molar-refractivity contribution in [2.75, 3.05) is 4.90 Å². The molecule has 34 heavy (non-hydrogen) atoms. The van der Waals surface area contributed by atoms with Crippen LogP contribution >= 0.6 is 0 Å². The maximum atomic E-state index is 14.8. The topological polar surface area (TPSA) is 57.6 Å². The first-order chi connectivity index (χ1) is 16.3. The molecule has 0 saturated carbocycles. The quantitative estimate of drug-likeness (QED) is 0.232. The average Bonchev–Trinajstić information content (AvgIpc) is 3.09. The third kappa shape index (κ3) is 3.53. The Bertz CT molecular complexity index is 1510. The zero-order chi connectivity index (χ0) is 24.0. The SMILES string of the molecule is Cc1cccc(C2/C(=C(/O)c3ccc4ccccc4c3)C(=O)C(=O)N2c2ccc(F)cc2F)c1. The molecule has 0 radical (unpaired) electrons. The Labute approximate surface area is 194 Å². The first-order valence-electron chi connectivity index (χ1n) is 10.7. The van der Waals surface area contributed by atoms with Crippen molar-refractivity contribution in [1.29, 1.82) is 0 Å².